The lowest BCUT2D eigenvalue weighted by Crippen LogP contribution is -2.18. The molecular weight excluding hydrogens is 264 g/mol. The van der Waals surface area contributed by atoms with Crippen LogP contribution in [0.1, 0.15) is 10.4 Å². The summed E-state index contributed by atoms with van der Waals surface area (Å²) in [4.78, 5) is 33.2. The number of benzene rings is 1. The first-order valence-electron chi connectivity index (χ1n) is 5.60. The molecule has 0 unspecified atom stereocenters. The van der Waals surface area contributed by atoms with E-state index >= 15 is 0 Å². The maximum atomic E-state index is 11.5. The van der Waals surface area contributed by atoms with E-state index in [4.69, 9.17) is 9.84 Å². The quantitative estimate of drug-likeness (QED) is 0.685. The number of hydrogen-bond donors (Lipinski definition) is 3. The number of aliphatic carboxylic acids is 1. The number of anilines is 1. The average Bonchev–Trinajstić information content (AvgIpc) is 2.44. The highest BCUT2D eigenvalue weighted by atomic mass is 16.5. The minimum absolute atomic E-state index is 0.285. The number of carbonyl (C=O) groups excluding carboxylic acids is 2. The molecule has 20 heavy (non-hydrogen) atoms. The summed E-state index contributed by atoms with van der Waals surface area (Å²) in [5, 5.41) is 13.3. The molecule has 0 spiro atoms. The van der Waals surface area contributed by atoms with Crippen LogP contribution >= 0.6 is 0 Å². The van der Waals surface area contributed by atoms with E-state index in [1.165, 1.54) is 32.4 Å². The summed E-state index contributed by atoms with van der Waals surface area (Å²) < 4.78 is 5.07. The average molecular weight is 278 g/mol. The first-order valence-corrected chi connectivity index (χ1v) is 5.60. The van der Waals surface area contributed by atoms with E-state index in [0.717, 1.165) is 12.2 Å². The normalized spacial score (nSPS) is 10.1. The van der Waals surface area contributed by atoms with Crippen molar-refractivity contribution in [1.29, 1.82) is 0 Å². The second-order valence-electron chi connectivity index (χ2n) is 3.66. The maximum absolute atomic E-state index is 11.5. The Morgan fingerprint density at radius 1 is 1.25 bits per heavy atom. The summed E-state index contributed by atoms with van der Waals surface area (Å²) in [6.45, 7) is 0. The van der Waals surface area contributed by atoms with Crippen molar-refractivity contribution in [3.8, 4) is 5.75 Å². The Morgan fingerprint density at radius 2 is 1.95 bits per heavy atom. The van der Waals surface area contributed by atoms with E-state index in [1.807, 2.05) is 0 Å². The third kappa shape index (κ3) is 4.13. The number of carboxylic acid groups (broad SMARTS) is 1. The number of amides is 2. The number of carboxylic acids is 1. The summed E-state index contributed by atoms with van der Waals surface area (Å²) in [5.74, 6) is -1.82. The Labute approximate surface area is 115 Å². The molecule has 0 radical (unpaired) electrons. The van der Waals surface area contributed by atoms with Gasteiger partial charge in [-0.05, 0) is 18.2 Å². The van der Waals surface area contributed by atoms with Gasteiger partial charge in [0.2, 0.25) is 5.91 Å². The molecule has 0 aliphatic heterocycles. The summed E-state index contributed by atoms with van der Waals surface area (Å²) in [7, 11) is 2.90. The molecule has 0 heterocycles. The predicted octanol–water partition coefficient (Wildman–Crippen LogP) is 0.634. The van der Waals surface area contributed by atoms with Gasteiger partial charge >= 0.3 is 5.97 Å². The van der Waals surface area contributed by atoms with E-state index in [0.29, 0.717) is 17.0 Å². The summed E-state index contributed by atoms with van der Waals surface area (Å²) in [5.41, 5.74) is 0.712. The van der Waals surface area contributed by atoms with Gasteiger partial charge in [0, 0.05) is 24.8 Å². The Morgan fingerprint density at radius 3 is 2.50 bits per heavy atom. The molecule has 0 saturated carbocycles. The van der Waals surface area contributed by atoms with Crippen LogP contribution < -0.4 is 15.4 Å². The topological polar surface area (TPSA) is 105 Å². The second kappa shape index (κ2) is 6.93. The molecule has 1 aromatic rings. The number of methoxy groups -OCH3 is 1. The fourth-order valence-corrected chi connectivity index (χ4v) is 1.40. The third-order valence-electron chi connectivity index (χ3n) is 2.33. The van der Waals surface area contributed by atoms with Crippen molar-refractivity contribution in [2.45, 2.75) is 0 Å². The molecule has 0 aromatic heterocycles. The van der Waals surface area contributed by atoms with Crippen molar-refractivity contribution in [3.05, 3.63) is 35.9 Å². The van der Waals surface area contributed by atoms with Crippen molar-refractivity contribution < 1.29 is 24.2 Å². The molecule has 106 valence electrons. The Hall–Kier alpha value is -2.83. The van der Waals surface area contributed by atoms with Crippen molar-refractivity contribution in [2.24, 2.45) is 0 Å². The smallest absolute Gasteiger partial charge is 0.328 e. The first kappa shape index (κ1) is 15.2. The molecule has 3 N–H and O–H groups in total. The summed E-state index contributed by atoms with van der Waals surface area (Å²) in [6.07, 6.45) is 1.61. The van der Waals surface area contributed by atoms with Crippen molar-refractivity contribution in [3.63, 3.8) is 0 Å². The van der Waals surface area contributed by atoms with E-state index in [1.54, 1.807) is 0 Å². The number of hydrogen-bond acceptors (Lipinski definition) is 4. The number of carbonyl (C=O) groups is 3. The molecule has 0 saturated heterocycles. The van der Waals surface area contributed by atoms with Gasteiger partial charge in [0.15, 0.2) is 0 Å². The van der Waals surface area contributed by atoms with Crippen molar-refractivity contribution in [1.82, 2.24) is 5.32 Å². The van der Waals surface area contributed by atoms with Crippen LogP contribution in [0.3, 0.4) is 0 Å². The fourth-order valence-electron chi connectivity index (χ4n) is 1.40. The summed E-state index contributed by atoms with van der Waals surface area (Å²) >= 11 is 0. The minimum Gasteiger partial charge on any atom is -0.495 e. The highest BCUT2D eigenvalue weighted by Crippen LogP contribution is 2.25. The number of rotatable bonds is 5. The Bertz CT molecular complexity index is 566. The number of nitrogens with one attached hydrogen (secondary N) is 2. The van der Waals surface area contributed by atoms with E-state index in [-0.39, 0.29) is 5.91 Å². The predicted molar refractivity (Wildman–Crippen MR) is 71.8 cm³/mol. The van der Waals surface area contributed by atoms with E-state index < -0.39 is 11.9 Å². The third-order valence-corrected chi connectivity index (χ3v) is 2.33. The second-order valence-corrected chi connectivity index (χ2v) is 3.66. The first-order chi connectivity index (χ1) is 9.47. The van der Waals surface area contributed by atoms with Gasteiger partial charge < -0.3 is 20.5 Å². The molecule has 7 heteroatoms. The van der Waals surface area contributed by atoms with Crippen molar-refractivity contribution in [2.75, 3.05) is 19.5 Å². The van der Waals surface area contributed by atoms with Crippen LogP contribution in [-0.2, 0) is 9.59 Å². The molecule has 0 aliphatic carbocycles. The van der Waals surface area contributed by atoms with Gasteiger partial charge in [-0.2, -0.15) is 0 Å². The monoisotopic (exact) mass is 278 g/mol. The van der Waals surface area contributed by atoms with E-state index in [9.17, 15) is 14.4 Å². The molecule has 1 rings (SSSR count). The number of ether oxygens (including phenoxy) is 1. The fraction of sp³-hybridized carbons (Fsp3) is 0.154. The summed E-state index contributed by atoms with van der Waals surface area (Å²) in [6, 6.07) is 4.48. The molecule has 2 amide bonds. The van der Waals surface area contributed by atoms with Crippen LogP contribution in [0.15, 0.2) is 30.4 Å². The van der Waals surface area contributed by atoms with Gasteiger partial charge in [0.1, 0.15) is 5.75 Å². The molecule has 0 atom stereocenters. The standard InChI is InChI=1S/C13H14N2O5/c1-14-13(19)8-3-4-9(10(7-8)20-2)15-11(16)5-6-12(17)18/h3-7H,1-2H3,(H,14,19)(H,15,16)(H,17,18)/b6-5+. The lowest BCUT2D eigenvalue weighted by molar-refractivity contribution is -0.131. The zero-order chi connectivity index (χ0) is 15.1. The Balaban J connectivity index is 2.93. The zero-order valence-electron chi connectivity index (χ0n) is 11.0. The lowest BCUT2D eigenvalue weighted by atomic mass is 10.1. The van der Waals surface area contributed by atoms with Crippen LogP contribution in [0, 0.1) is 0 Å². The van der Waals surface area contributed by atoms with Crippen LogP contribution in [0.4, 0.5) is 5.69 Å². The van der Waals surface area contributed by atoms with Crippen LogP contribution in [0.2, 0.25) is 0 Å². The molecule has 0 bridgehead atoms. The SMILES string of the molecule is CNC(=O)c1ccc(NC(=O)/C=C/C(=O)O)c(OC)c1. The molecule has 0 fully saturated rings. The van der Waals surface area contributed by atoms with Gasteiger partial charge in [0.25, 0.3) is 5.91 Å². The van der Waals surface area contributed by atoms with Gasteiger partial charge in [-0.3, -0.25) is 9.59 Å². The largest absolute Gasteiger partial charge is 0.495 e. The van der Waals surface area contributed by atoms with Crippen molar-refractivity contribution >= 4 is 23.5 Å². The molecule has 7 nitrogen and oxygen atoms in total. The van der Waals surface area contributed by atoms with Gasteiger partial charge in [-0.25, -0.2) is 4.79 Å². The molecule has 1 aromatic carbocycles. The maximum Gasteiger partial charge on any atom is 0.328 e. The van der Waals surface area contributed by atoms with Gasteiger partial charge in [-0.15, -0.1) is 0 Å². The highest BCUT2D eigenvalue weighted by Gasteiger charge is 2.10. The molecular formula is C13H14N2O5. The van der Waals surface area contributed by atoms with Gasteiger partial charge in [-0.1, -0.05) is 0 Å². The van der Waals surface area contributed by atoms with Crippen LogP contribution in [0.25, 0.3) is 0 Å². The van der Waals surface area contributed by atoms with Crippen LogP contribution in [-0.4, -0.2) is 37.0 Å². The van der Waals surface area contributed by atoms with Crippen LogP contribution in [0.5, 0.6) is 5.75 Å². The minimum atomic E-state index is -1.22. The molecule has 0 aliphatic rings. The zero-order valence-corrected chi connectivity index (χ0v) is 11.0. The lowest BCUT2D eigenvalue weighted by Gasteiger charge is -2.10. The van der Waals surface area contributed by atoms with Gasteiger partial charge in [0.05, 0.1) is 12.8 Å². The highest BCUT2D eigenvalue weighted by molar-refractivity contribution is 6.03. The Kier molecular flexibility index (Phi) is 5.28. The van der Waals surface area contributed by atoms with E-state index in [2.05, 4.69) is 10.6 Å².